The van der Waals surface area contributed by atoms with Gasteiger partial charge in [0.15, 0.2) is 0 Å². The molecular weight excluding hydrogens is 461 g/mol. The quantitative estimate of drug-likeness (QED) is 0.378. The second kappa shape index (κ2) is 10.4. The predicted molar refractivity (Wildman–Crippen MR) is 136 cm³/mol. The smallest absolute Gasteiger partial charge is 0.271 e. The van der Waals surface area contributed by atoms with Crippen LogP contribution < -0.4 is 21.3 Å². The Kier molecular flexibility index (Phi) is 7.10. The van der Waals surface area contributed by atoms with Gasteiger partial charge in [0.2, 0.25) is 0 Å². The molecule has 0 bridgehead atoms. The summed E-state index contributed by atoms with van der Waals surface area (Å²) in [5.74, 6) is -0.404. The monoisotopic (exact) mass is 487 g/mol. The van der Waals surface area contributed by atoms with Crippen molar-refractivity contribution in [3.05, 3.63) is 94.7 Å². The first-order valence-electron chi connectivity index (χ1n) is 11.3. The Morgan fingerprint density at radius 1 is 1.14 bits per heavy atom. The molecule has 0 radical (unpaired) electrons. The van der Waals surface area contributed by atoms with E-state index in [-0.39, 0.29) is 29.7 Å². The molecule has 9 heteroatoms. The lowest BCUT2D eigenvalue weighted by Gasteiger charge is -2.22. The number of anilines is 1. The van der Waals surface area contributed by atoms with Crippen molar-refractivity contribution < 1.29 is 13.9 Å². The Labute approximate surface area is 207 Å². The highest BCUT2D eigenvalue weighted by atomic mass is 19.1. The molecule has 0 fully saturated rings. The Morgan fingerprint density at radius 2 is 1.86 bits per heavy atom. The van der Waals surface area contributed by atoms with Crippen molar-refractivity contribution in [3.8, 4) is 28.0 Å². The van der Waals surface area contributed by atoms with Gasteiger partial charge in [-0.15, -0.1) is 0 Å². The van der Waals surface area contributed by atoms with Gasteiger partial charge in [-0.1, -0.05) is 12.1 Å². The summed E-state index contributed by atoms with van der Waals surface area (Å²) in [4.78, 5) is 33.2. The van der Waals surface area contributed by atoms with Gasteiger partial charge in [-0.3, -0.25) is 14.6 Å². The second-order valence-corrected chi connectivity index (χ2v) is 8.44. The molecule has 4 rings (SSSR count). The normalized spacial score (nSPS) is 10.9. The number of methoxy groups -OCH3 is 1. The number of pyridine rings is 1. The highest BCUT2D eigenvalue weighted by Crippen LogP contribution is 2.43. The molecule has 0 spiro atoms. The molecule has 0 unspecified atom stereocenters. The molecule has 4 aromatic rings. The first-order chi connectivity index (χ1) is 17.3. The first-order valence-corrected chi connectivity index (χ1v) is 11.3. The molecule has 184 valence electrons. The first kappa shape index (κ1) is 24.6. The van der Waals surface area contributed by atoms with Crippen LogP contribution in [0.3, 0.4) is 0 Å². The summed E-state index contributed by atoms with van der Waals surface area (Å²) in [6.45, 7) is 3.88. The number of nitrogens with one attached hydrogen (secondary N) is 1. The van der Waals surface area contributed by atoms with Crippen molar-refractivity contribution in [1.82, 2.24) is 19.9 Å². The summed E-state index contributed by atoms with van der Waals surface area (Å²) in [6, 6.07) is 10.9. The van der Waals surface area contributed by atoms with E-state index in [0.29, 0.717) is 39.3 Å². The van der Waals surface area contributed by atoms with Crippen LogP contribution in [0.25, 0.3) is 22.3 Å². The van der Waals surface area contributed by atoms with Gasteiger partial charge in [0, 0.05) is 42.8 Å². The molecule has 36 heavy (non-hydrogen) atoms. The summed E-state index contributed by atoms with van der Waals surface area (Å²) in [5.41, 5.74) is 10.2. The van der Waals surface area contributed by atoms with Gasteiger partial charge in [-0.25, -0.2) is 9.37 Å². The Morgan fingerprint density at radius 3 is 2.50 bits per heavy atom. The van der Waals surface area contributed by atoms with E-state index in [1.54, 1.807) is 35.0 Å². The second-order valence-electron chi connectivity index (χ2n) is 8.44. The van der Waals surface area contributed by atoms with Gasteiger partial charge in [0.25, 0.3) is 11.5 Å². The zero-order chi connectivity index (χ0) is 25.8. The Hall–Kier alpha value is -4.53. The third kappa shape index (κ3) is 4.95. The maximum absolute atomic E-state index is 13.7. The fraction of sp³-hybridized carbons (Fsp3) is 0.185. The number of carbonyl (C=O) groups is 1. The van der Waals surface area contributed by atoms with E-state index in [1.165, 1.54) is 43.9 Å². The minimum absolute atomic E-state index is 0.0496. The highest BCUT2D eigenvalue weighted by Gasteiger charge is 2.22. The molecule has 3 N–H and O–H groups in total. The van der Waals surface area contributed by atoms with Crippen molar-refractivity contribution in [1.29, 1.82) is 0 Å². The van der Waals surface area contributed by atoms with Gasteiger partial charge in [0.1, 0.15) is 17.3 Å². The fourth-order valence-corrected chi connectivity index (χ4v) is 4.07. The molecular formula is C27H26FN5O3. The Bertz CT molecular complexity index is 1450. The van der Waals surface area contributed by atoms with Crippen molar-refractivity contribution in [3.63, 3.8) is 0 Å². The van der Waals surface area contributed by atoms with Crippen LogP contribution in [-0.2, 0) is 6.54 Å². The lowest BCUT2D eigenvalue weighted by Crippen LogP contribution is -2.25. The van der Waals surface area contributed by atoms with Crippen LogP contribution in [0.4, 0.5) is 10.1 Å². The Balaban J connectivity index is 1.94. The SMILES string of the molecule is COc1c(N)cc(-c2ccc(F)cc2)c(-c2ccc(=O)n(C(C)C)c2)c1CNC(=O)c1cnccn1. The molecule has 0 atom stereocenters. The standard InChI is InChI=1S/C27H26FN5O3/c1-16(2)33-15-18(6-9-24(33)34)25-20(17-4-7-19(28)8-5-17)12-22(29)26(36-3)21(25)13-32-27(35)23-14-30-10-11-31-23/h4-12,14-16H,13,29H2,1-3H3,(H,32,35). The van der Waals surface area contributed by atoms with Crippen LogP contribution in [0.5, 0.6) is 5.75 Å². The molecule has 0 saturated heterocycles. The third-order valence-corrected chi connectivity index (χ3v) is 5.77. The van der Waals surface area contributed by atoms with Crippen LogP contribution in [0, 0.1) is 5.82 Å². The predicted octanol–water partition coefficient (Wildman–Crippen LogP) is 4.21. The molecule has 2 aromatic carbocycles. The molecule has 0 saturated carbocycles. The molecule has 0 aliphatic carbocycles. The molecule has 1 amide bonds. The van der Waals surface area contributed by atoms with E-state index in [9.17, 15) is 14.0 Å². The number of carbonyl (C=O) groups excluding carboxylic acids is 1. The van der Waals surface area contributed by atoms with Crippen molar-refractivity contribution in [2.24, 2.45) is 0 Å². The van der Waals surface area contributed by atoms with E-state index < -0.39 is 5.91 Å². The minimum atomic E-state index is -0.422. The highest BCUT2D eigenvalue weighted by molar-refractivity contribution is 5.93. The third-order valence-electron chi connectivity index (χ3n) is 5.77. The maximum Gasteiger partial charge on any atom is 0.271 e. The number of aromatic nitrogens is 3. The van der Waals surface area contributed by atoms with Gasteiger partial charge in [-0.2, -0.15) is 0 Å². The van der Waals surface area contributed by atoms with Crippen LogP contribution in [0.2, 0.25) is 0 Å². The van der Waals surface area contributed by atoms with E-state index >= 15 is 0 Å². The number of nitrogens with zero attached hydrogens (tertiary/aromatic N) is 3. The van der Waals surface area contributed by atoms with Gasteiger partial charge in [-0.05, 0) is 60.4 Å². The number of hydrogen-bond acceptors (Lipinski definition) is 6. The molecule has 8 nitrogen and oxygen atoms in total. The van der Waals surface area contributed by atoms with E-state index in [4.69, 9.17) is 10.5 Å². The zero-order valence-corrected chi connectivity index (χ0v) is 20.2. The zero-order valence-electron chi connectivity index (χ0n) is 20.2. The average molecular weight is 488 g/mol. The molecule has 2 heterocycles. The maximum atomic E-state index is 13.7. The largest absolute Gasteiger partial charge is 0.494 e. The van der Waals surface area contributed by atoms with Crippen LogP contribution >= 0.6 is 0 Å². The van der Waals surface area contributed by atoms with Crippen molar-refractivity contribution in [2.75, 3.05) is 12.8 Å². The number of halogens is 1. The summed E-state index contributed by atoms with van der Waals surface area (Å²) >= 11 is 0. The van der Waals surface area contributed by atoms with E-state index in [2.05, 4.69) is 15.3 Å². The number of benzene rings is 2. The average Bonchev–Trinajstić information content (AvgIpc) is 2.88. The van der Waals surface area contributed by atoms with Crippen LogP contribution in [0.1, 0.15) is 35.9 Å². The number of ether oxygens (including phenoxy) is 1. The van der Waals surface area contributed by atoms with Crippen molar-refractivity contribution >= 4 is 11.6 Å². The summed E-state index contributed by atoms with van der Waals surface area (Å²) < 4.78 is 21.0. The van der Waals surface area contributed by atoms with Gasteiger partial charge in [0.05, 0.1) is 19.0 Å². The topological polar surface area (TPSA) is 112 Å². The molecule has 0 aliphatic rings. The number of amides is 1. The van der Waals surface area contributed by atoms with E-state index in [0.717, 1.165) is 0 Å². The summed E-state index contributed by atoms with van der Waals surface area (Å²) in [6.07, 6.45) is 6.05. The lowest BCUT2D eigenvalue weighted by atomic mass is 9.89. The number of nitrogen functional groups attached to an aromatic ring is 1. The molecule has 0 aliphatic heterocycles. The van der Waals surface area contributed by atoms with Crippen LogP contribution in [0.15, 0.2) is 72.0 Å². The van der Waals surface area contributed by atoms with E-state index in [1.807, 2.05) is 13.8 Å². The number of nitrogens with two attached hydrogens (primary N) is 1. The lowest BCUT2D eigenvalue weighted by molar-refractivity contribution is 0.0945. The summed E-state index contributed by atoms with van der Waals surface area (Å²) in [7, 11) is 1.50. The number of hydrogen-bond donors (Lipinski definition) is 2. The fourth-order valence-electron chi connectivity index (χ4n) is 4.07. The number of rotatable bonds is 7. The molecule has 2 aromatic heterocycles. The van der Waals surface area contributed by atoms with Crippen LogP contribution in [-0.4, -0.2) is 27.6 Å². The van der Waals surface area contributed by atoms with Gasteiger partial charge < -0.3 is 20.4 Å². The van der Waals surface area contributed by atoms with Crippen molar-refractivity contribution in [2.45, 2.75) is 26.4 Å². The summed E-state index contributed by atoms with van der Waals surface area (Å²) in [5, 5.41) is 2.86. The van der Waals surface area contributed by atoms with Gasteiger partial charge >= 0.3 is 0 Å². The minimum Gasteiger partial charge on any atom is -0.494 e.